The quantitative estimate of drug-likeness (QED) is 0.751. The van der Waals surface area contributed by atoms with Crippen molar-refractivity contribution >= 4 is 5.95 Å². The van der Waals surface area contributed by atoms with Crippen LogP contribution >= 0.6 is 0 Å². The minimum atomic E-state index is 0.252. The number of benzene rings is 1. The fourth-order valence-electron chi connectivity index (χ4n) is 1.18. The molecule has 0 fully saturated rings. The molecule has 0 bridgehead atoms. The van der Waals surface area contributed by atoms with Crippen LogP contribution in [0.5, 0.6) is 0 Å². The lowest BCUT2D eigenvalue weighted by molar-refractivity contribution is 0.693. The maximum absolute atomic E-state index is 5.49. The molecule has 0 atom stereocenters. The Bertz CT molecular complexity index is 432. The SMILES string of the molecule is Cc1ccc(CNn2nnnc2N)cc1. The van der Waals surface area contributed by atoms with E-state index >= 15 is 0 Å². The van der Waals surface area contributed by atoms with E-state index in [9.17, 15) is 0 Å². The van der Waals surface area contributed by atoms with Crippen molar-refractivity contribution in [1.82, 2.24) is 20.3 Å². The number of tetrazole rings is 1. The number of nitrogens with zero attached hydrogens (tertiary/aromatic N) is 4. The van der Waals surface area contributed by atoms with Crippen LogP contribution < -0.4 is 11.2 Å². The molecule has 6 heteroatoms. The van der Waals surface area contributed by atoms with Gasteiger partial charge >= 0.3 is 0 Å². The third kappa shape index (κ3) is 2.22. The van der Waals surface area contributed by atoms with Crippen molar-refractivity contribution in [2.24, 2.45) is 0 Å². The van der Waals surface area contributed by atoms with Crippen LogP contribution in [0.25, 0.3) is 0 Å². The van der Waals surface area contributed by atoms with Gasteiger partial charge in [-0.15, -0.1) is 4.79 Å². The molecule has 0 radical (unpaired) electrons. The number of aromatic nitrogens is 4. The summed E-state index contributed by atoms with van der Waals surface area (Å²) in [5.41, 5.74) is 10.9. The summed E-state index contributed by atoms with van der Waals surface area (Å²) in [6.45, 7) is 2.69. The highest BCUT2D eigenvalue weighted by atomic mass is 15.7. The maximum Gasteiger partial charge on any atom is 0.260 e. The van der Waals surface area contributed by atoms with E-state index in [2.05, 4.69) is 40.0 Å². The summed E-state index contributed by atoms with van der Waals surface area (Å²) in [6, 6.07) is 8.20. The number of nitrogens with one attached hydrogen (secondary N) is 1. The number of aryl methyl sites for hydroxylation is 1. The van der Waals surface area contributed by atoms with Gasteiger partial charge in [0.25, 0.3) is 5.95 Å². The van der Waals surface area contributed by atoms with Crippen LogP contribution in [0, 0.1) is 6.92 Å². The summed E-state index contributed by atoms with van der Waals surface area (Å²) in [5, 5.41) is 10.7. The van der Waals surface area contributed by atoms with Gasteiger partial charge in [-0.1, -0.05) is 34.9 Å². The average molecular weight is 204 g/mol. The van der Waals surface area contributed by atoms with Crippen LogP contribution in [0.2, 0.25) is 0 Å². The lowest BCUT2D eigenvalue weighted by atomic mass is 10.1. The molecule has 6 nitrogen and oxygen atoms in total. The molecule has 0 aliphatic heterocycles. The van der Waals surface area contributed by atoms with Crippen molar-refractivity contribution in [3.63, 3.8) is 0 Å². The summed E-state index contributed by atoms with van der Waals surface area (Å²) in [7, 11) is 0. The van der Waals surface area contributed by atoms with Gasteiger partial charge in [0.05, 0.1) is 6.54 Å². The van der Waals surface area contributed by atoms with Crippen molar-refractivity contribution < 1.29 is 0 Å². The molecule has 0 saturated carbocycles. The molecule has 2 aromatic rings. The van der Waals surface area contributed by atoms with Gasteiger partial charge in [-0.25, -0.2) is 0 Å². The first-order valence-corrected chi connectivity index (χ1v) is 4.59. The first-order valence-electron chi connectivity index (χ1n) is 4.59. The van der Waals surface area contributed by atoms with Crippen molar-refractivity contribution in [2.75, 3.05) is 11.2 Å². The lowest BCUT2D eigenvalue weighted by Gasteiger charge is -2.05. The van der Waals surface area contributed by atoms with Gasteiger partial charge in [0.2, 0.25) is 0 Å². The first-order chi connectivity index (χ1) is 7.25. The Morgan fingerprint density at radius 2 is 2.07 bits per heavy atom. The van der Waals surface area contributed by atoms with Crippen LogP contribution in [0.1, 0.15) is 11.1 Å². The summed E-state index contributed by atoms with van der Waals surface area (Å²) >= 11 is 0. The zero-order valence-corrected chi connectivity index (χ0v) is 8.38. The highest BCUT2D eigenvalue weighted by Crippen LogP contribution is 2.03. The van der Waals surface area contributed by atoms with Crippen LogP contribution in [0.4, 0.5) is 5.95 Å². The second kappa shape index (κ2) is 3.95. The standard InChI is InChI=1S/C9H12N6/c1-7-2-4-8(5-3-7)6-11-15-9(10)12-13-14-15/h2-5,11H,6H2,1H3,(H2,10,12,14). The second-order valence-corrected chi connectivity index (χ2v) is 3.27. The van der Waals surface area contributed by atoms with Gasteiger partial charge < -0.3 is 11.2 Å². The van der Waals surface area contributed by atoms with E-state index in [1.54, 1.807) is 0 Å². The van der Waals surface area contributed by atoms with E-state index in [-0.39, 0.29) is 5.95 Å². The van der Waals surface area contributed by atoms with E-state index < -0.39 is 0 Å². The molecular weight excluding hydrogens is 192 g/mol. The number of nitrogen functional groups attached to an aromatic ring is 1. The van der Waals surface area contributed by atoms with Crippen LogP contribution in [0.3, 0.4) is 0 Å². The molecule has 0 aliphatic rings. The fraction of sp³-hybridized carbons (Fsp3) is 0.222. The largest absolute Gasteiger partial charge is 0.365 e. The normalized spacial score (nSPS) is 10.2. The molecule has 0 spiro atoms. The third-order valence-corrected chi connectivity index (χ3v) is 2.05. The maximum atomic E-state index is 5.49. The highest BCUT2D eigenvalue weighted by molar-refractivity contribution is 5.22. The van der Waals surface area contributed by atoms with Crippen molar-refractivity contribution in [2.45, 2.75) is 13.5 Å². The Morgan fingerprint density at radius 3 is 2.67 bits per heavy atom. The van der Waals surface area contributed by atoms with Crippen molar-refractivity contribution in [3.05, 3.63) is 35.4 Å². The Labute approximate surface area is 87.1 Å². The molecule has 0 amide bonds. The van der Waals surface area contributed by atoms with Crippen molar-refractivity contribution in [1.29, 1.82) is 0 Å². The summed E-state index contributed by atoms with van der Waals surface area (Å²) in [4.78, 5) is 1.35. The van der Waals surface area contributed by atoms with E-state index in [0.717, 1.165) is 5.56 Å². The zero-order valence-electron chi connectivity index (χ0n) is 8.38. The van der Waals surface area contributed by atoms with Gasteiger partial charge in [0.1, 0.15) is 0 Å². The van der Waals surface area contributed by atoms with Gasteiger partial charge in [-0.3, -0.25) is 0 Å². The fourth-order valence-corrected chi connectivity index (χ4v) is 1.18. The monoisotopic (exact) mass is 204 g/mol. The van der Waals surface area contributed by atoms with E-state index in [4.69, 9.17) is 5.73 Å². The molecule has 1 aromatic heterocycles. The van der Waals surface area contributed by atoms with Gasteiger partial charge in [0, 0.05) is 0 Å². The Kier molecular flexibility index (Phi) is 2.49. The Balaban J connectivity index is 1.99. The zero-order chi connectivity index (χ0) is 10.7. The van der Waals surface area contributed by atoms with E-state index in [0.29, 0.717) is 6.54 Å². The molecule has 0 saturated heterocycles. The predicted molar refractivity (Wildman–Crippen MR) is 56.5 cm³/mol. The molecule has 2 rings (SSSR count). The minimum Gasteiger partial charge on any atom is -0.365 e. The highest BCUT2D eigenvalue weighted by Gasteiger charge is 1.99. The smallest absolute Gasteiger partial charge is 0.260 e. The average Bonchev–Trinajstić information content (AvgIpc) is 2.63. The Morgan fingerprint density at radius 1 is 1.33 bits per heavy atom. The summed E-state index contributed by atoms with van der Waals surface area (Å²) in [6.07, 6.45) is 0. The molecule has 1 heterocycles. The van der Waals surface area contributed by atoms with Gasteiger partial charge in [-0.05, 0) is 22.9 Å². The third-order valence-electron chi connectivity index (χ3n) is 2.05. The molecular formula is C9H12N6. The predicted octanol–water partition coefficient (Wildman–Crippen LogP) is 0.307. The molecule has 15 heavy (non-hydrogen) atoms. The number of nitrogens with two attached hydrogens (primary N) is 1. The lowest BCUT2D eigenvalue weighted by Crippen LogP contribution is -2.18. The molecule has 0 aliphatic carbocycles. The van der Waals surface area contributed by atoms with Crippen LogP contribution in [-0.2, 0) is 6.54 Å². The molecule has 0 unspecified atom stereocenters. The number of hydrogen-bond acceptors (Lipinski definition) is 5. The molecule has 3 N–H and O–H groups in total. The molecule has 1 aromatic carbocycles. The topological polar surface area (TPSA) is 81.7 Å². The summed E-state index contributed by atoms with van der Waals surface area (Å²) < 4.78 is 0. The Hall–Kier alpha value is -2.11. The number of rotatable bonds is 3. The second-order valence-electron chi connectivity index (χ2n) is 3.27. The molecule has 78 valence electrons. The minimum absolute atomic E-state index is 0.252. The first kappa shape index (κ1) is 9.45. The van der Waals surface area contributed by atoms with Gasteiger partial charge in [0.15, 0.2) is 0 Å². The summed E-state index contributed by atoms with van der Waals surface area (Å²) in [5.74, 6) is 0.252. The van der Waals surface area contributed by atoms with E-state index in [1.807, 2.05) is 12.1 Å². The van der Waals surface area contributed by atoms with Crippen LogP contribution in [-0.4, -0.2) is 20.3 Å². The van der Waals surface area contributed by atoms with Crippen molar-refractivity contribution in [3.8, 4) is 0 Å². The van der Waals surface area contributed by atoms with Crippen LogP contribution in [0.15, 0.2) is 24.3 Å². The van der Waals surface area contributed by atoms with E-state index in [1.165, 1.54) is 10.4 Å². The van der Waals surface area contributed by atoms with Gasteiger partial charge in [-0.2, -0.15) is 0 Å². The number of anilines is 1. The number of hydrogen-bond donors (Lipinski definition) is 2.